The van der Waals surface area contributed by atoms with Gasteiger partial charge >= 0.3 is 0 Å². The highest BCUT2D eigenvalue weighted by Crippen LogP contribution is 2.50. The predicted molar refractivity (Wildman–Crippen MR) is 155 cm³/mol. The van der Waals surface area contributed by atoms with Crippen LogP contribution in [0.1, 0.15) is 18.9 Å². The summed E-state index contributed by atoms with van der Waals surface area (Å²) in [5.41, 5.74) is 2.14. The van der Waals surface area contributed by atoms with E-state index in [0.29, 0.717) is 11.5 Å². The number of aromatic nitrogens is 1. The quantitative estimate of drug-likeness (QED) is 0.212. The van der Waals surface area contributed by atoms with E-state index in [-0.39, 0.29) is 0 Å². The average Bonchev–Trinajstić information content (AvgIpc) is 3.43. The van der Waals surface area contributed by atoms with Crippen molar-refractivity contribution in [3.8, 4) is 23.0 Å². The fourth-order valence-electron chi connectivity index (χ4n) is 3.97. The number of benzene rings is 2. The third kappa shape index (κ3) is 5.40. The Hall–Kier alpha value is -3.62. The van der Waals surface area contributed by atoms with Crippen LogP contribution in [0.3, 0.4) is 0 Å². The molecule has 0 atom stereocenters. The second kappa shape index (κ2) is 12.1. The zero-order valence-corrected chi connectivity index (χ0v) is 23.5. The van der Waals surface area contributed by atoms with Gasteiger partial charge in [0.25, 0.3) is 5.01 Å². The van der Waals surface area contributed by atoms with E-state index in [4.69, 9.17) is 18.9 Å². The molecule has 0 unspecified atom stereocenters. The molecule has 4 rings (SSSR count). The lowest BCUT2D eigenvalue weighted by Gasteiger charge is -2.16. The Morgan fingerprint density at radius 2 is 1.46 bits per heavy atom. The summed E-state index contributed by atoms with van der Waals surface area (Å²) in [6.07, 6.45) is 18.5. The van der Waals surface area contributed by atoms with Crippen molar-refractivity contribution in [2.45, 2.75) is 18.7 Å². The van der Waals surface area contributed by atoms with Crippen molar-refractivity contribution in [1.29, 1.82) is 0 Å². The molecule has 192 valence electrons. The monoisotopic (exact) mass is 535 g/mol. The summed E-state index contributed by atoms with van der Waals surface area (Å²) in [5, 5.41) is 2.19. The molecule has 2 heterocycles. The van der Waals surface area contributed by atoms with Crippen LogP contribution in [0.25, 0.3) is 22.5 Å². The van der Waals surface area contributed by atoms with Crippen LogP contribution in [-0.4, -0.2) is 28.4 Å². The van der Waals surface area contributed by atoms with Gasteiger partial charge in [0, 0.05) is 35.4 Å². The zero-order chi connectivity index (χ0) is 26.4. The van der Waals surface area contributed by atoms with Gasteiger partial charge in [-0.1, -0.05) is 47.4 Å². The number of fused-ring (bicyclic) bond motifs is 2. The molecule has 0 spiro atoms. The summed E-state index contributed by atoms with van der Waals surface area (Å²) >= 11 is 3.39. The van der Waals surface area contributed by atoms with Gasteiger partial charge in [-0.05, 0) is 26.0 Å². The molecular formula is C29H31N2O4S2+. The topological polar surface area (TPSA) is 44.0 Å². The SMILES string of the molecule is CC=CN1C(=CC=CC=Cc2sc3cc(OC)c(OC)cc3[n+]2C=CC)Sc2cc(OC)c(OC)cc21. The highest BCUT2D eigenvalue weighted by atomic mass is 32.2. The fourth-order valence-corrected chi connectivity index (χ4v) is 6.09. The summed E-state index contributed by atoms with van der Waals surface area (Å²) < 4.78 is 25.3. The van der Waals surface area contributed by atoms with Crippen LogP contribution in [-0.2, 0) is 0 Å². The maximum Gasteiger partial charge on any atom is 0.268 e. The van der Waals surface area contributed by atoms with Gasteiger partial charge in [0.2, 0.25) is 5.52 Å². The van der Waals surface area contributed by atoms with E-state index < -0.39 is 0 Å². The Morgan fingerprint density at radius 3 is 2.14 bits per heavy atom. The molecule has 8 heteroatoms. The summed E-state index contributed by atoms with van der Waals surface area (Å²) in [7, 11) is 6.62. The minimum atomic E-state index is 0.712. The first-order chi connectivity index (χ1) is 18.1. The predicted octanol–water partition coefficient (Wildman–Crippen LogP) is 7.27. The molecule has 0 fully saturated rings. The van der Waals surface area contributed by atoms with E-state index >= 15 is 0 Å². The summed E-state index contributed by atoms with van der Waals surface area (Å²) in [4.78, 5) is 3.28. The van der Waals surface area contributed by atoms with Crippen molar-refractivity contribution >= 4 is 51.3 Å². The van der Waals surface area contributed by atoms with Crippen molar-refractivity contribution in [2.24, 2.45) is 0 Å². The molecule has 0 saturated heterocycles. The van der Waals surface area contributed by atoms with E-state index in [0.717, 1.165) is 42.3 Å². The lowest BCUT2D eigenvalue weighted by atomic mass is 10.2. The molecule has 0 aliphatic carbocycles. The van der Waals surface area contributed by atoms with Crippen molar-refractivity contribution in [3.05, 3.63) is 77.0 Å². The minimum absolute atomic E-state index is 0.712. The summed E-state index contributed by atoms with van der Waals surface area (Å²) in [6.45, 7) is 4.02. The number of anilines is 1. The molecule has 3 aromatic rings. The number of ether oxygens (including phenoxy) is 4. The number of methoxy groups -OCH3 is 4. The highest BCUT2D eigenvalue weighted by molar-refractivity contribution is 8.03. The third-order valence-electron chi connectivity index (χ3n) is 5.65. The van der Waals surface area contributed by atoms with Gasteiger partial charge in [0.05, 0.1) is 45.2 Å². The number of allylic oxidation sites excluding steroid dienone is 6. The van der Waals surface area contributed by atoms with E-state index in [1.54, 1.807) is 51.5 Å². The number of thioether (sulfide) groups is 1. The molecular weight excluding hydrogens is 504 g/mol. The second-order valence-electron chi connectivity index (χ2n) is 7.85. The van der Waals surface area contributed by atoms with Gasteiger partial charge in [-0.3, -0.25) is 0 Å². The number of thiazole rings is 1. The van der Waals surface area contributed by atoms with E-state index in [1.807, 2.05) is 56.3 Å². The third-order valence-corrected chi connectivity index (χ3v) is 7.83. The standard InChI is InChI=1S/C29H31N2O4S2/c1-7-14-30-20-16-22(32-3)24(34-5)18-26(20)36-28(30)12-10-9-11-13-29-31(15-8-2)21-17-23(33-4)25(35-6)19-27(21)37-29/h7-19H,1-6H3/q+1. The first-order valence-electron chi connectivity index (χ1n) is 11.7. The smallest absolute Gasteiger partial charge is 0.268 e. The summed E-state index contributed by atoms with van der Waals surface area (Å²) in [5.74, 6) is 2.87. The normalized spacial score (nSPS) is 14.8. The molecule has 0 saturated carbocycles. The number of nitrogens with zero attached hydrogens (tertiary/aromatic N) is 2. The maximum atomic E-state index is 5.51. The largest absolute Gasteiger partial charge is 0.493 e. The van der Waals surface area contributed by atoms with Gasteiger partial charge in [0.1, 0.15) is 4.70 Å². The van der Waals surface area contributed by atoms with Gasteiger partial charge in [-0.15, -0.1) is 0 Å². The van der Waals surface area contributed by atoms with Gasteiger partial charge in [-0.2, -0.15) is 4.57 Å². The fraction of sp³-hybridized carbons (Fsp3) is 0.207. The highest BCUT2D eigenvalue weighted by Gasteiger charge is 2.26. The van der Waals surface area contributed by atoms with Crippen molar-refractivity contribution in [1.82, 2.24) is 0 Å². The zero-order valence-electron chi connectivity index (χ0n) is 21.8. The number of hydrogen-bond donors (Lipinski definition) is 0. The Bertz CT molecular complexity index is 1430. The van der Waals surface area contributed by atoms with Gasteiger partial charge in [-0.25, -0.2) is 0 Å². The lowest BCUT2D eigenvalue weighted by molar-refractivity contribution is -0.535. The molecule has 1 aliphatic heterocycles. The molecule has 1 aromatic heterocycles. The van der Waals surface area contributed by atoms with Crippen LogP contribution in [0.2, 0.25) is 0 Å². The average molecular weight is 536 g/mol. The Balaban J connectivity index is 1.60. The molecule has 37 heavy (non-hydrogen) atoms. The van der Waals surface area contributed by atoms with Gasteiger partial charge in [0.15, 0.2) is 29.2 Å². The molecule has 0 bridgehead atoms. The Kier molecular flexibility index (Phi) is 8.63. The molecule has 2 aromatic carbocycles. The molecule has 0 radical (unpaired) electrons. The minimum Gasteiger partial charge on any atom is -0.493 e. The molecule has 1 aliphatic rings. The first-order valence-corrected chi connectivity index (χ1v) is 13.4. The van der Waals surface area contributed by atoms with Crippen LogP contribution in [0.5, 0.6) is 23.0 Å². The number of hydrogen-bond acceptors (Lipinski definition) is 7. The molecule has 6 nitrogen and oxygen atoms in total. The second-order valence-corrected chi connectivity index (χ2v) is 9.97. The Morgan fingerprint density at radius 1 is 0.784 bits per heavy atom. The molecule has 0 N–H and O–H groups in total. The molecule has 0 amide bonds. The van der Waals surface area contributed by atoms with Crippen LogP contribution in [0.15, 0.2) is 76.8 Å². The van der Waals surface area contributed by atoms with Crippen LogP contribution in [0, 0.1) is 0 Å². The van der Waals surface area contributed by atoms with E-state index in [2.05, 4.69) is 46.2 Å². The summed E-state index contributed by atoms with van der Waals surface area (Å²) in [6, 6.07) is 8.06. The lowest BCUT2D eigenvalue weighted by Crippen LogP contribution is -2.26. The van der Waals surface area contributed by atoms with E-state index in [9.17, 15) is 0 Å². The van der Waals surface area contributed by atoms with Crippen LogP contribution in [0.4, 0.5) is 5.69 Å². The van der Waals surface area contributed by atoms with Crippen LogP contribution >= 0.6 is 23.1 Å². The Labute approximate surface area is 226 Å². The van der Waals surface area contributed by atoms with Crippen molar-refractivity contribution in [2.75, 3.05) is 33.3 Å². The van der Waals surface area contributed by atoms with E-state index in [1.165, 1.54) is 0 Å². The van der Waals surface area contributed by atoms with Crippen molar-refractivity contribution < 1.29 is 23.5 Å². The first kappa shape index (κ1) is 26.4. The maximum absolute atomic E-state index is 5.51. The number of rotatable bonds is 9. The van der Waals surface area contributed by atoms with Crippen LogP contribution < -0.4 is 28.4 Å². The van der Waals surface area contributed by atoms with Crippen molar-refractivity contribution in [3.63, 3.8) is 0 Å². The van der Waals surface area contributed by atoms with Gasteiger partial charge < -0.3 is 23.8 Å².